The molecule has 134 valence electrons. The molecule has 0 fully saturated rings. The molecule has 9 heteroatoms. The van der Waals surface area contributed by atoms with E-state index in [2.05, 4.69) is 31.5 Å². The smallest absolute Gasteiger partial charge is 0.224 e. The van der Waals surface area contributed by atoms with Gasteiger partial charge in [-0.05, 0) is 43.2 Å². The minimum absolute atomic E-state index is 0.110. The maximum Gasteiger partial charge on any atom is 0.224 e. The van der Waals surface area contributed by atoms with Gasteiger partial charge in [0.25, 0.3) is 0 Å². The van der Waals surface area contributed by atoms with Gasteiger partial charge in [-0.15, -0.1) is 5.10 Å². The Morgan fingerprint density at radius 3 is 2.56 bits per heavy atom. The summed E-state index contributed by atoms with van der Waals surface area (Å²) in [5.41, 5.74) is 4.04. The van der Waals surface area contributed by atoms with Crippen LogP contribution in [0, 0.1) is 13.8 Å². The third-order valence-corrected chi connectivity index (χ3v) is 3.73. The highest BCUT2D eigenvalue weighted by Gasteiger charge is 2.19. The Hall–Kier alpha value is -2.97. The summed E-state index contributed by atoms with van der Waals surface area (Å²) < 4.78 is 1.59. The van der Waals surface area contributed by atoms with Crippen molar-refractivity contribution in [1.82, 2.24) is 25.4 Å². The van der Waals surface area contributed by atoms with Gasteiger partial charge in [0.1, 0.15) is 5.69 Å². The first-order valence-electron chi connectivity index (χ1n) is 8.07. The molecule has 0 aliphatic carbocycles. The number of hydrogen-bond donors (Lipinski definition) is 3. The van der Waals surface area contributed by atoms with E-state index in [-0.39, 0.29) is 11.8 Å². The van der Waals surface area contributed by atoms with Crippen LogP contribution in [-0.2, 0) is 9.59 Å². The number of hydrogen-bond acceptors (Lipinski definition) is 6. The average Bonchev–Trinajstić information content (AvgIpc) is 3.01. The van der Waals surface area contributed by atoms with Crippen LogP contribution in [0.2, 0.25) is 0 Å². The number of allylic oxidation sites excluding steroid dienone is 1. The predicted octanol–water partition coefficient (Wildman–Crippen LogP) is 1.89. The molecule has 2 aromatic heterocycles. The zero-order chi connectivity index (χ0) is 18.6. The standard InChI is InChI=1S/C16H23N7O2/c1-6-7-13(25)19-15-14(17-8-9(2)18-12(5)24)10(3)11(4)23-16(15)20-21-22-23/h8,17H,6-7H2,1-5H3,(H,18,24)(H,19,25)/b9-8+. The highest BCUT2D eigenvalue weighted by Crippen LogP contribution is 2.32. The third kappa shape index (κ3) is 4.11. The number of aryl methyl sites for hydroxylation is 1. The molecule has 3 N–H and O–H groups in total. The summed E-state index contributed by atoms with van der Waals surface area (Å²) >= 11 is 0. The van der Waals surface area contributed by atoms with Gasteiger partial charge in [0.05, 0.1) is 5.69 Å². The Kier molecular flexibility index (Phi) is 5.68. The van der Waals surface area contributed by atoms with Crippen LogP contribution in [0.15, 0.2) is 11.9 Å². The first-order valence-corrected chi connectivity index (χ1v) is 8.07. The topological polar surface area (TPSA) is 113 Å². The number of rotatable bonds is 6. The lowest BCUT2D eigenvalue weighted by Gasteiger charge is -2.17. The normalized spacial score (nSPS) is 11.5. The number of anilines is 2. The van der Waals surface area contributed by atoms with Crippen LogP contribution in [0.1, 0.15) is 44.9 Å². The van der Waals surface area contributed by atoms with E-state index in [9.17, 15) is 9.59 Å². The molecule has 0 radical (unpaired) electrons. The predicted molar refractivity (Wildman–Crippen MR) is 95.0 cm³/mol. The van der Waals surface area contributed by atoms with E-state index in [0.29, 0.717) is 29.1 Å². The van der Waals surface area contributed by atoms with Crippen LogP contribution < -0.4 is 16.0 Å². The second-order valence-corrected chi connectivity index (χ2v) is 5.83. The van der Waals surface area contributed by atoms with Crippen molar-refractivity contribution in [1.29, 1.82) is 0 Å². The second kappa shape index (κ2) is 7.73. The summed E-state index contributed by atoms with van der Waals surface area (Å²) in [6.45, 7) is 8.95. The Morgan fingerprint density at radius 2 is 1.92 bits per heavy atom. The second-order valence-electron chi connectivity index (χ2n) is 5.83. The molecule has 0 saturated heterocycles. The molecule has 0 aromatic carbocycles. The lowest BCUT2D eigenvalue weighted by Crippen LogP contribution is -2.19. The number of tetrazole rings is 1. The highest BCUT2D eigenvalue weighted by atomic mass is 16.2. The van der Waals surface area contributed by atoms with E-state index in [1.807, 2.05) is 20.8 Å². The first-order chi connectivity index (χ1) is 11.8. The maximum atomic E-state index is 12.1. The van der Waals surface area contributed by atoms with Crippen LogP contribution in [0.25, 0.3) is 5.65 Å². The van der Waals surface area contributed by atoms with Crippen molar-refractivity contribution < 1.29 is 9.59 Å². The molecule has 0 aliphatic rings. The van der Waals surface area contributed by atoms with E-state index in [1.165, 1.54) is 6.92 Å². The molecular formula is C16H23N7O2. The summed E-state index contributed by atoms with van der Waals surface area (Å²) in [4.78, 5) is 23.3. The molecule has 2 rings (SSSR count). The molecular weight excluding hydrogens is 322 g/mol. The van der Waals surface area contributed by atoms with Crippen LogP contribution in [-0.4, -0.2) is 31.9 Å². The molecule has 2 amide bonds. The van der Waals surface area contributed by atoms with Crippen LogP contribution in [0.4, 0.5) is 11.4 Å². The quantitative estimate of drug-likeness (QED) is 0.737. The molecule has 2 heterocycles. The molecule has 2 aromatic rings. The Bertz CT molecular complexity index is 839. The van der Waals surface area contributed by atoms with Crippen molar-refractivity contribution in [3.63, 3.8) is 0 Å². The number of nitrogens with one attached hydrogen (secondary N) is 3. The van der Waals surface area contributed by atoms with Gasteiger partial charge in [0.2, 0.25) is 17.5 Å². The molecule has 0 spiro atoms. The van der Waals surface area contributed by atoms with E-state index in [4.69, 9.17) is 0 Å². The van der Waals surface area contributed by atoms with Gasteiger partial charge >= 0.3 is 0 Å². The Balaban J connectivity index is 2.50. The molecule has 0 atom stereocenters. The van der Waals surface area contributed by atoms with E-state index >= 15 is 0 Å². The lowest BCUT2D eigenvalue weighted by molar-refractivity contribution is -0.118. The van der Waals surface area contributed by atoms with Gasteiger partial charge < -0.3 is 16.0 Å². The van der Waals surface area contributed by atoms with Gasteiger partial charge in [0.15, 0.2) is 0 Å². The summed E-state index contributed by atoms with van der Waals surface area (Å²) in [6, 6.07) is 0. The SMILES string of the molecule is CCCC(=O)Nc1c(N/C=C(\C)NC(C)=O)c(C)c(C)n2nnnc12. The third-order valence-electron chi connectivity index (χ3n) is 3.73. The van der Waals surface area contributed by atoms with Crippen molar-refractivity contribution in [2.24, 2.45) is 0 Å². The largest absolute Gasteiger partial charge is 0.358 e. The van der Waals surface area contributed by atoms with Crippen molar-refractivity contribution in [2.45, 2.75) is 47.5 Å². The summed E-state index contributed by atoms with van der Waals surface area (Å²) in [5, 5.41) is 20.4. The van der Waals surface area contributed by atoms with Gasteiger partial charge in [-0.25, -0.2) is 0 Å². The number of carbonyl (C=O) groups excluding carboxylic acids is 2. The summed E-state index contributed by atoms with van der Waals surface area (Å²) in [6.07, 6.45) is 2.81. The fraction of sp³-hybridized carbons (Fsp3) is 0.438. The number of aromatic nitrogens is 4. The van der Waals surface area contributed by atoms with Gasteiger partial charge in [-0.2, -0.15) is 4.52 Å². The van der Waals surface area contributed by atoms with Crippen LogP contribution in [0.3, 0.4) is 0 Å². The van der Waals surface area contributed by atoms with Gasteiger partial charge in [-0.1, -0.05) is 6.92 Å². The molecule has 0 unspecified atom stereocenters. The van der Waals surface area contributed by atoms with E-state index in [1.54, 1.807) is 17.6 Å². The molecule has 25 heavy (non-hydrogen) atoms. The zero-order valence-electron chi connectivity index (χ0n) is 15.1. The maximum absolute atomic E-state index is 12.1. The van der Waals surface area contributed by atoms with Crippen LogP contribution in [0.5, 0.6) is 0 Å². The fourth-order valence-corrected chi connectivity index (χ4v) is 2.43. The number of nitrogens with zero attached hydrogens (tertiary/aromatic N) is 4. The fourth-order valence-electron chi connectivity index (χ4n) is 2.43. The minimum Gasteiger partial charge on any atom is -0.358 e. The monoisotopic (exact) mass is 345 g/mol. The molecule has 9 nitrogen and oxygen atoms in total. The molecule has 0 bridgehead atoms. The Morgan fingerprint density at radius 1 is 1.20 bits per heavy atom. The van der Waals surface area contributed by atoms with Crippen molar-refractivity contribution >= 4 is 28.8 Å². The van der Waals surface area contributed by atoms with E-state index < -0.39 is 0 Å². The lowest BCUT2D eigenvalue weighted by atomic mass is 10.1. The van der Waals surface area contributed by atoms with Crippen molar-refractivity contribution in [3.05, 3.63) is 23.2 Å². The highest BCUT2D eigenvalue weighted by molar-refractivity contribution is 6.00. The number of pyridine rings is 1. The van der Waals surface area contributed by atoms with Gasteiger partial charge in [-0.3, -0.25) is 9.59 Å². The molecule has 0 saturated carbocycles. The summed E-state index contributed by atoms with van der Waals surface area (Å²) in [7, 11) is 0. The Labute approximate surface area is 145 Å². The molecule has 0 aliphatic heterocycles. The van der Waals surface area contributed by atoms with Crippen LogP contribution >= 0.6 is 0 Å². The average molecular weight is 345 g/mol. The van der Waals surface area contributed by atoms with Crippen molar-refractivity contribution in [2.75, 3.05) is 10.6 Å². The number of amides is 2. The number of carbonyl (C=O) groups is 2. The summed E-state index contributed by atoms with van der Waals surface area (Å²) in [5.74, 6) is -0.265. The van der Waals surface area contributed by atoms with Crippen molar-refractivity contribution in [3.8, 4) is 0 Å². The minimum atomic E-state index is -0.156. The number of fused-ring (bicyclic) bond motifs is 1. The zero-order valence-corrected chi connectivity index (χ0v) is 15.1. The van der Waals surface area contributed by atoms with Gasteiger partial charge in [0, 0.05) is 30.9 Å². The first kappa shape index (κ1) is 18.4. The van der Waals surface area contributed by atoms with E-state index in [0.717, 1.165) is 17.7 Å².